The number of rotatable bonds is 5. The number of carbonyl (C=O) groups is 1. The van der Waals surface area contributed by atoms with E-state index in [-0.39, 0.29) is 35.2 Å². The number of hydrogen-bond donors (Lipinski definition) is 2. The van der Waals surface area contributed by atoms with Crippen LogP contribution in [0.15, 0.2) is 35.3 Å². The smallest absolute Gasteiger partial charge is 0.245 e. The highest BCUT2D eigenvalue weighted by Crippen LogP contribution is 2.37. The van der Waals surface area contributed by atoms with Crippen molar-refractivity contribution in [2.24, 2.45) is 4.99 Å². The monoisotopic (exact) mass is 447 g/mol. The summed E-state index contributed by atoms with van der Waals surface area (Å²) in [5, 5.41) is 10.2. The number of thioether (sulfide) groups is 1. The minimum absolute atomic E-state index is 0.0605. The highest BCUT2D eigenvalue weighted by atomic mass is 32.2. The molecule has 1 fully saturated rings. The van der Waals surface area contributed by atoms with E-state index >= 15 is 0 Å². The standard InChI is InChI=1S/C20H25N5O3S2/c1-12(2)14-4-6-15(7-5-14)25(9-19(26)22-18-8-13(3)23-24-18)20-21-16-10-30(27,28)11-17(16)29-20/h4-8,12,16-17H,9-11H2,1-3H3,(H2,22,23,24,26). The zero-order valence-electron chi connectivity index (χ0n) is 17.1. The maximum Gasteiger partial charge on any atom is 0.245 e. The van der Waals surface area contributed by atoms with E-state index in [9.17, 15) is 13.2 Å². The Balaban J connectivity index is 1.57. The lowest BCUT2D eigenvalue weighted by molar-refractivity contribution is -0.114. The molecule has 1 aromatic heterocycles. The zero-order chi connectivity index (χ0) is 21.5. The Labute approximate surface area is 180 Å². The van der Waals surface area contributed by atoms with Crippen LogP contribution in [0.4, 0.5) is 11.5 Å². The van der Waals surface area contributed by atoms with Crippen molar-refractivity contribution >= 4 is 44.2 Å². The minimum Gasteiger partial charge on any atom is -0.312 e. The van der Waals surface area contributed by atoms with Gasteiger partial charge in [0.25, 0.3) is 0 Å². The van der Waals surface area contributed by atoms with Crippen molar-refractivity contribution in [3.05, 3.63) is 41.6 Å². The number of aryl methyl sites for hydroxylation is 1. The number of aromatic nitrogens is 2. The summed E-state index contributed by atoms with van der Waals surface area (Å²) in [5.74, 6) is 0.863. The van der Waals surface area contributed by atoms with Crippen molar-refractivity contribution in [2.75, 3.05) is 28.3 Å². The Bertz CT molecular complexity index is 1080. The summed E-state index contributed by atoms with van der Waals surface area (Å²) in [6.45, 7) is 6.18. The van der Waals surface area contributed by atoms with Crippen molar-refractivity contribution in [2.45, 2.75) is 38.0 Å². The first-order valence-electron chi connectivity index (χ1n) is 9.84. The van der Waals surface area contributed by atoms with E-state index in [1.165, 1.54) is 17.3 Å². The molecule has 2 aliphatic rings. The van der Waals surface area contributed by atoms with Crippen molar-refractivity contribution < 1.29 is 13.2 Å². The normalized spacial score (nSPS) is 22.1. The van der Waals surface area contributed by atoms with Crippen LogP contribution in [0.25, 0.3) is 0 Å². The number of amides is 1. The van der Waals surface area contributed by atoms with E-state index in [4.69, 9.17) is 0 Å². The maximum atomic E-state index is 12.7. The lowest BCUT2D eigenvalue weighted by atomic mass is 10.0. The summed E-state index contributed by atoms with van der Waals surface area (Å²) < 4.78 is 23.8. The first kappa shape index (κ1) is 20.9. The van der Waals surface area contributed by atoms with Crippen LogP contribution < -0.4 is 10.2 Å². The molecule has 0 bridgehead atoms. The molecule has 2 N–H and O–H groups in total. The quantitative estimate of drug-likeness (QED) is 0.729. The first-order valence-corrected chi connectivity index (χ1v) is 12.5. The molecule has 10 heteroatoms. The van der Waals surface area contributed by atoms with Crippen LogP contribution in [-0.4, -0.2) is 59.0 Å². The van der Waals surface area contributed by atoms with Crippen LogP contribution in [0.3, 0.4) is 0 Å². The predicted molar refractivity (Wildman–Crippen MR) is 121 cm³/mol. The average molecular weight is 448 g/mol. The number of sulfone groups is 1. The Morgan fingerprint density at radius 1 is 1.30 bits per heavy atom. The number of carbonyl (C=O) groups excluding carboxylic acids is 1. The fourth-order valence-electron chi connectivity index (χ4n) is 3.59. The third kappa shape index (κ3) is 4.54. The third-order valence-electron chi connectivity index (χ3n) is 5.18. The van der Waals surface area contributed by atoms with Gasteiger partial charge in [0.05, 0.1) is 17.5 Å². The highest BCUT2D eigenvalue weighted by Gasteiger charge is 2.44. The van der Waals surface area contributed by atoms with Crippen LogP contribution >= 0.6 is 11.8 Å². The largest absolute Gasteiger partial charge is 0.312 e. The van der Waals surface area contributed by atoms with Crippen LogP contribution in [0.2, 0.25) is 0 Å². The van der Waals surface area contributed by atoms with Gasteiger partial charge < -0.3 is 10.2 Å². The van der Waals surface area contributed by atoms with Crippen molar-refractivity contribution in [3.8, 4) is 0 Å². The summed E-state index contributed by atoms with van der Waals surface area (Å²) >= 11 is 1.44. The van der Waals surface area contributed by atoms with E-state index in [1.54, 1.807) is 6.07 Å². The molecule has 30 heavy (non-hydrogen) atoms. The number of hydrogen-bond acceptors (Lipinski definition) is 7. The molecule has 3 heterocycles. The van der Waals surface area contributed by atoms with Gasteiger partial charge in [-0.2, -0.15) is 5.10 Å². The number of benzene rings is 1. The second-order valence-electron chi connectivity index (χ2n) is 8.03. The summed E-state index contributed by atoms with van der Waals surface area (Å²) in [6.07, 6.45) is 0. The van der Waals surface area contributed by atoms with Gasteiger partial charge in [0.15, 0.2) is 20.8 Å². The maximum absolute atomic E-state index is 12.7. The Morgan fingerprint density at radius 3 is 2.63 bits per heavy atom. The van der Waals surface area contributed by atoms with Gasteiger partial charge in [-0.3, -0.25) is 14.9 Å². The Hall–Kier alpha value is -2.33. The van der Waals surface area contributed by atoms with E-state index in [0.29, 0.717) is 16.9 Å². The number of aliphatic imine (C=N–C) groups is 1. The van der Waals surface area contributed by atoms with Gasteiger partial charge in [-0.15, -0.1) is 0 Å². The molecular formula is C20H25N5O3S2. The molecule has 0 spiro atoms. The van der Waals surface area contributed by atoms with E-state index in [0.717, 1.165) is 11.4 Å². The van der Waals surface area contributed by atoms with Crippen LogP contribution in [0.5, 0.6) is 0 Å². The molecule has 1 saturated heterocycles. The summed E-state index contributed by atoms with van der Waals surface area (Å²) in [4.78, 5) is 19.2. The van der Waals surface area contributed by atoms with E-state index in [2.05, 4.69) is 34.4 Å². The van der Waals surface area contributed by atoms with Gasteiger partial charge in [0, 0.05) is 22.7 Å². The molecule has 0 aliphatic carbocycles. The molecule has 4 rings (SSSR count). The molecule has 160 valence electrons. The molecule has 8 nitrogen and oxygen atoms in total. The lowest BCUT2D eigenvalue weighted by Crippen LogP contribution is -2.36. The third-order valence-corrected chi connectivity index (χ3v) is 8.43. The lowest BCUT2D eigenvalue weighted by Gasteiger charge is -2.24. The van der Waals surface area contributed by atoms with Gasteiger partial charge in [0.1, 0.15) is 6.54 Å². The molecule has 1 amide bonds. The highest BCUT2D eigenvalue weighted by molar-refractivity contribution is 8.15. The molecule has 2 aromatic rings. The van der Waals surface area contributed by atoms with Crippen LogP contribution in [0, 0.1) is 6.92 Å². The number of nitrogens with zero attached hydrogens (tertiary/aromatic N) is 3. The van der Waals surface area contributed by atoms with Crippen molar-refractivity contribution in [1.82, 2.24) is 10.2 Å². The molecule has 1 aromatic carbocycles. The van der Waals surface area contributed by atoms with Gasteiger partial charge in [-0.05, 0) is 30.5 Å². The van der Waals surface area contributed by atoms with Gasteiger partial charge in [-0.1, -0.05) is 37.7 Å². The summed E-state index contributed by atoms with van der Waals surface area (Å²) in [6, 6.07) is 9.58. The molecular weight excluding hydrogens is 422 g/mol. The molecule has 2 atom stereocenters. The van der Waals surface area contributed by atoms with Crippen molar-refractivity contribution in [3.63, 3.8) is 0 Å². The van der Waals surface area contributed by atoms with Gasteiger partial charge in [0.2, 0.25) is 5.91 Å². The van der Waals surface area contributed by atoms with Crippen molar-refractivity contribution in [1.29, 1.82) is 0 Å². The van der Waals surface area contributed by atoms with Crippen LogP contribution in [0.1, 0.15) is 31.0 Å². The summed E-state index contributed by atoms with van der Waals surface area (Å²) in [5.41, 5.74) is 2.91. The predicted octanol–water partition coefficient (Wildman–Crippen LogP) is 2.56. The van der Waals surface area contributed by atoms with Gasteiger partial charge >= 0.3 is 0 Å². The summed E-state index contributed by atoms with van der Waals surface area (Å²) in [7, 11) is -3.03. The number of amidine groups is 1. The fraction of sp³-hybridized carbons (Fsp3) is 0.450. The Morgan fingerprint density at radius 2 is 2.03 bits per heavy atom. The minimum atomic E-state index is -3.03. The van der Waals surface area contributed by atoms with E-state index < -0.39 is 9.84 Å². The van der Waals surface area contributed by atoms with Crippen LogP contribution in [-0.2, 0) is 14.6 Å². The number of aromatic amines is 1. The first-order chi connectivity index (χ1) is 14.2. The molecule has 2 aliphatic heterocycles. The van der Waals surface area contributed by atoms with Gasteiger partial charge in [-0.25, -0.2) is 8.42 Å². The second-order valence-corrected chi connectivity index (χ2v) is 11.4. The number of fused-ring (bicyclic) bond motifs is 1. The van der Waals surface area contributed by atoms with E-state index in [1.807, 2.05) is 36.1 Å². The molecule has 2 unspecified atom stereocenters. The molecule has 0 saturated carbocycles. The fourth-order valence-corrected chi connectivity index (χ4v) is 7.37. The Kier molecular flexibility index (Phi) is 5.63. The topological polar surface area (TPSA) is 108 Å². The number of H-pyrrole nitrogens is 1. The second kappa shape index (κ2) is 8.07. The average Bonchev–Trinajstić information content (AvgIpc) is 3.32. The zero-order valence-corrected chi connectivity index (χ0v) is 18.8. The number of nitrogens with one attached hydrogen (secondary N) is 2. The molecule has 0 radical (unpaired) electrons. The number of anilines is 2. The SMILES string of the molecule is Cc1cc(NC(=O)CN(C2=NC3CS(=O)(=O)CC3S2)c2ccc(C(C)C)cc2)n[nH]1.